The third-order valence-corrected chi connectivity index (χ3v) is 7.53. The molecule has 0 spiro atoms. The minimum atomic E-state index is -0.668. The Bertz CT molecular complexity index is 837. The highest BCUT2D eigenvalue weighted by atomic mass is 32.1. The van der Waals surface area contributed by atoms with Crippen LogP contribution in [0.3, 0.4) is 0 Å². The van der Waals surface area contributed by atoms with E-state index in [9.17, 15) is 4.79 Å². The topological polar surface area (TPSA) is 62.2 Å². The van der Waals surface area contributed by atoms with Crippen LogP contribution in [0, 0.1) is 12.8 Å². The number of aromatic nitrogens is 1. The van der Waals surface area contributed by atoms with Gasteiger partial charge in [0.25, 0.3) is 0 Å². The predicted molar refractivity (Wildman–Crippen MR) is 114 cm³/mol. The van der Waals surface area contributed by atoms with Crippen LogP contribution in [-0.4, -0.2) is 29.1 Å². The molecule has 1 aromatic carbocycles. The van der Waals surface area contributed by atoms with Crippen molar-refractivity contribution in [2.75, 3.05) is 13.1 Å². The number of carboxylic acid groups (broad SMARTS) is 1. The highest BCUT2D eigenvalue weighted by Gasteiger charge is 2.26. The zero-order valence-corrected chi connectivity index (χ0v) is 17.5. The molecular weight excluding hydrogens is 368 g/mol. The summed E-state index contributed by atoms with van der Waals surface area (Å²) in [5, 5.41) is 13.7. The standard InChI is InChI=1S/C23H30N2O2S/c1-15-22(20-8-7-17-10-12-24-13-11-19(17)14-20)25-23(28-15)18-5-2-16(3-6-18)4-9-21(26)27/h7-8,14,16,18,24H,2-6,9-13H2,1H3,(H,26,27). The number of hydrogen-bond acceptors (Lipinski definition) is 4. The van der Waals surface area contributed by atoms with E-state index in [0.29, 0.717) is 18.3 Å². The van der Waals surface area contributed by atoms with Crippen molar-refractivity contribution >= 4 is 17.3 Å². The fraction of sp³-hybridized carbons (Fsp3) is 0.565. The van der Waals surface area contributed by atoms with Crippen LogP contribution in [-0.2, 0) is 17.6 Å². The summed E-state index contributed by atoms with van der Waals surface area (Å²) >= 11 is 1.86. The van der Waals surface area contributed by atoms with E-state index in [-0.39, 0.29) is 0 Å². The van der Waals surface area contributed by atoms with Gasteiger partial charge in [-0.3, -0.25) is 4.79 Å². The van der Waals surface area contributed by atoms with E-state index in [1.165, 1.54) is 26.6 Å². The molecule has 2 aliphatic rings. The van der Waals surface area contributed by atoms with Crippen LogP contribution in [0.5, 0.6) is 0 Å². The average molecular weight is 399 g/mol. The van der Waals surface area contributed by atoms with Crippen molar-refractivity contribution in [2.24, 2.45) is 5.92 Å². The SMILES string of the molecule is Cc1sc(C2CCC(CCC(=O)O)CC2)nc1-c1ccc2c(c1)CCNCC2. The number of carboxylic acids is 1. The van der Waals surface area contributed by atoms with Crippen LogP contribution in [0.4, 0.5) is 0 Å². The molecule has 0 amide bonds. The van der Waals surface area contributed by atoms with E-state index >= 15 is 0 Å². The highest BCUT2D eigenvalue weighted by molar-refractivity contribution is 7.12. The second-order valence-corrected chi connectivity index (χ2v) is 9.58. The molecule has 2 N–H and O–H groups in total. The highest BCUT2D eigenvalue weighted by Crippen LogP contribution is 2.41. The molecule has 0 saturated heterocycles. The van der Waals surface area contributed by atoms with Crippen molar-refractivity contribution < 1.29 is 9.90 Å². The molecule has 4 rings (SSSR count). The summed E-state index contributed by atoms with van der Waals surface area (Å²) in [4.78, 5) is 17.2. The zero-order chi connectivity index (χ0) is 19.5. The smallest absolute Gasteiger partial charge is 0.303 e. The van der Waals surface area contributed by atoms with E-state index in [1.807, 2.05) is 11.3 Å². The first-order valence-electron chi connectivity index (χ1n) is 10.6. The van der Waals surface area contributed by atoms with Gasteiger partial charge >= 0.3 is 5.97 Å². The van der Waals surface area contributed by atoms with Crippen LogP contribution in [0.2, 0.25) is 0 Å². The van der Waals surface area contributed by atoms with Crippen molar-refractivity contribution in [2.45, 2.75) is 64.2 Å². The molecule has 28 heavy (non-hydrogen) atoms. The number of nitrogens with zero attached hydrogens (tertiary/aromatic N) is 1. The van der Waals surface area contributed by atoms with Gasteiger partial charge in [-0.2, -0.15) is 0 Å². The van der Waals surface area contributed by atoms with Crippen LogP contribution >= 0.6 is 11.3 Å². The fourth-order valence-electron chi connectivity index (χ4n) is 4.71. The number of aryl methyl sites for hydroxylation is 1. The van der Waals surface area contributed by atoms with Gasteiger partial charge in [-0.25, -0.2) is 4.98 Å². The number of fused-ring (bicyclic) bond motifs is 1. The maximum absolute atomic E-state index is 10.8. The van der Waals surface area contributed by atoms with E-state index < -0.39 is 5.97 Å². The Labute approximate surface area is 171 Å². The van der Waals surface area contributed by atoms with Gasteiger partial charge in [0.05, 0.1) is 10.7 Å². The number of carbonyl (C=O) groups is 1. The monoisotopic (exact) mass is 398 g/mol. The molecular formula is C23H30N2O2S. The Morgan fingerprint density at radius 3 is 2.68 bits per heavy atom. The molecule has 5 heteroatoms. The lowest BCUT2D eigenvalue weighted by Gasteiger charge is -2.26. The Balaban J connectivity index is 1.46. The van der Waals surface area contributed by atoms with Crippen LogP contribution in [0.15, 0.2) is 18.2 Å². The van der Waals surface area contributed by atoms with Crippen molar-refractivity contribution in [3.05, 3.63) is 39.2 Å². The summed E-state index contributed by atoms with van der Waals surface area (Å²) in [6.45, 7) is 4.33. The molecule has 4 nitrogen and oxygen atoms in total. The van der Waals surface area contributed by atoms with E-state index in [1.54, 1.807) is 0 Å². The van der Waals surface area contributed by atoms with Gasteiger partial charge in [0.15, 0.2) is 0 Å². The molecule has 0 atom stereocenters. The number of aliphatic carboxylic acids is 1. The first-order chi connectivity index (χ1) is 13.6. The van der Waals surface area contributed by atoms with Crippen LogP contribution < -0.4 is 5.32 Å². The first kappa shape index (κ1) is 19.6. The van der Waals surface area contributed by atoms with Gasteiger partial charge in [0, 0.05) is 22.8 Å². The largest absolute Gasteiger partial charge is 0.481 e. The Kier molecular flexibility index (Phi) is 6.12. The maximum Gasteiger partial charge on any atom is 0.303 e. The minimum absolute atomic E-state index is 0.309. The van der Waals surface area contributed by atoms with Crippen molar-refractivity contribution in [3.8, 4) is 11.3 Å². The van der Waals surface area contributed by atoms with Gasteiger partial charge in [-0.1, -0.05) is 12.1 Å². The molecule has 1 aromatic heterocycles. The summed E-state index contributed by atoms with van der Waals surface area (Å²) in [7, 11) is 0. The zero-order valence-electron chi connectivity index (χ0n) is 16.7. The molecule has 1 fully saturated rings. The number of hydrogen-bond donors (Lipinski definition) is 2. The van der Waals surface area contributed by atoms with Crippen molar-refractivity contribution in [1.29, 1.82) is 0 Å². The molecule has 1 aliphatic carbocycles. The Hall–Kier alpha value is -1.72. The second-order valence-electron chi connectivity index (χ2n) is 8.34. The number of rotatable bonds is 5. The molecule has 0 bridgehead atoms. The van der Waals surface area contributed by atoms with Gasteiger partial charge in [0.2, 0.25) is 0 Å². The molecule has 0 unspecified atom stereocenters. The van der Waals surface area contributed by atoms with Crippen LogP contribution in [0.25, 0.3) is 11.3 Å². The van der Waals surface area contributed by atoms with Gasteiger partial charge in [0.1, 0.15) is 0 Å². The summed E-state index contributed by atoms with van der Waals surface area (Å²) in [6.07, 6.45) is 7.91. The molecule has 1 saturated carbocycles. The molecule has 1 aliphatic heterocycles. The van der Waals surface area contributed by atoms with Crippen LogP contribution in [0.1, 0.15) is 65.5 Å². The molecule has 150 valence electrons. The lowest BCUT2D eigenvalue weighted by atomic mass is 9.80. The second kappa shape index (κ2) is 8.75. The quantitative estimate of drug-likeness (QED) is 0.748. The molecule has 2 heterocycles. The Morgan fingerprint density at radius 1 is 1.18 bits per heavy atom. The summed E-state index contributed by atoms with van der Waals surface area (Å²) in [5.74, 6) is 0.452. The van der Waals surface area contributed by atoms with Gasteiger partial charge in [-0.05, 0) is 88.1 Å². The summed E-state index contributed by atoms with van der Waals surface area (Å²) in [5.41, 5.74) is 5.36. The van der Waals surface area contributed by atoms with Crippen molar-refractivity contribution in [3.63, 3.8) is 0 Å². The number of benzene rings is 1. The van der Waals surface area contributed by atoms with E-state index in [0.717, 1.165) is 63.7 Å². The van der Waals surface area contributed by atoms with Crippen molar-refractivity contribution in [1.82, 2.24) is 10.3 Å². The average Bonchev–Trinajstić information content (AvgIpc) is 2.93. The lowest BCUT2D eigenvalue weighted by molar-refractivity contribution is -0.137. The summed E-state index contributed by atoms with van der Waals surface area (Å²) < 4.78 is 0. The van der Waals surface area contributed by atoms with Gasteiger partial charge in [-0.15, -0.1) is 11.3 Å². The maximum atomic E-state index is 10.8. The number of nitrogens with one attached hydrogen (secondary N) is 1. The molecule has 2 aromatic rings. The molecule has 0 radical (unpaired) electrons. The third-order valence-electron chi connectivity index (χ3n) is 6.40. The predicted octanol–water partition coefficient (Wildman–Crippen LogP) is 4.95. The van der Waals surface area contributed by atoms with E-state index in [2.05, 4.69) is 30.4 Å². The van der Waals surface area contributed by atoms with E-state index in [4.69, 9.17) is 10.1 Å². The minimum Gasteiger partial charge on any atom is -0.481 e. The lowest BCUT2D eigenvalue weighted by Crippen LogP contribution is -2.16. The normalized spacial score (nSPS) is 22.5. The number of thiazole rings is 1. The Morgan fingerprint density at radius 2 is 1.93 bits per heavy atom. The fourth-order valence-corrected chi connectivity index (χ4v) is 5.82. The summed E-state index contributed by atoms with van der Waals surface area (Å²) in [6, 6.07) is 6.90. The third kappa shape index (κ3) is 4.47. The van der Waals surface area contributed by atoms with Gasteiger partial charge < -0.3 is 10.4 Å². The first-order valence-corrected chi connectivity index (χ1v) is 11.4.